The van der Waals surface area contributed by atoms with Crippen molar-refractivity contribution in [2.45, 2.75) is 6.92 Å². The standard InChI is InChI=1S/C17H14N2O4/c1-2-23-11-8-6-10(7-9-11)15(20)18-13-5-3-4-12-14(13)17(22)19-16(12)21/h3-9H,2H2,1H3,(H,18,20)(H,19,21,22). The lowest BCUT2D eigenvalue weighted by molar-refractivity contribution is 0.0879. The van der Waals surface area contributed by atoms with Crippen molar-refractivity contribution in [3.05, 3.63) is 59.2 Å². The van der Waals surface area contributed by atoms with Gasteiger partial charge in [0.25, 0.3) is 17.7 Å². The first-order valence-corrected chi connectivity index (χ1v) is 7.13. The Kier molecular flexibility index (Phi) is 3.80. The zero-order valence-corrected chi connectivity index (χ0v) is 12.4. The number of nitrogens with one attached hydrogen (secondary N) is 2. The summed E-state index contributed by atoms with van der Waals surface area (Å²) in [5, 5.41) is 4.88. The molecule has 6 nitrogen and oxygen atoms in total. The van der Waals surface area contributed by atoms with Crippen LogP contribution in [0.3, 0.4) is 0 Å². The van der Waals surface area contributed by atoms with E-state index in [2.05, 4.69) is 10.6 Å². The summed E-state index contributed by atoms with van der Waals surface area (Å²) in [5.74, 6) is -0.655. The van der Waals surface area contributed by atoms with Crippen LogP contribution in [0.25, 0.3) is 0 Å². The van der Waals surface area contributed by atoms with Crippen molar-refractivity contribution >= 4 is 23.4 Å². The molecule has 2 N–H and O–H groups in total. The number of ether oxygens (including phenoxy) is 1. The Hall–Kier alpha value is -3.15. The van der Waals surface area contributed by atoms with Gasteiger partial charge in [-0.3, -0.25) is 19.7 Å². The summed E-state index contributed by atoms with van der Waals surface area (Å²) in [6.07, 6.45) is 0. The highest BCUT2D eigenvalue weighted by molar-refractivity contribution is 6.25. The normalized spacial score (nSPS) is 12.6. The summed E-state index contributed by atoms with van der Waals surface area (Å²) in [4.78, 5) is 35.8. The van der Waals surface area contributed by atoms with Crippen molar-refractivity contribution in [3.8, 4) is 5.75 Å². The van der Waals surface area contributed by atoms with Crippen LogP contribution in [0.5, 0.6) is 5.75 Å². The van der Waals surface area contributed by atoms with Crippen LogP contribution >= 0.6 is 0 Å². The monoisotopic (exact) mass is 310 g/mol. The van der Waals surface area contributed by atoms with E-state index in [1.165, 1.54) is 0 Å². The molecule has 1 aliphatic heterocycles. The summed E-state index contributed by atoms with van der Waals surface area (Å²) < 4.78 is 5.32. The minimum atomic E-state index is -0.507. The highest BCUT2D eigenvalue weighted by Gasteiger charge is 2.29. The maximum Gasteiger partial charge on any atom is 0.261 e. The second-order valence-electron chi connectivity index (χ2n) is 4.92. The molecule has 6 heteroatoms. The van der Waals surface area contributed by atoms with Gasteiger partial charge in [0.2, 0.25) is 0 Å². The predicted molar refractivity (Wildman–Crippen MR) is 83.8 cm³/mol. The van der Waals surface area contributed by atoms with Crippen LogP contribution in [0.1, 0.15) is 38.0 Å². The van der Waals surface area contributed by atoms with Crippen molar-refractivity contribution in [2.24, 2.45) is 0 Å². The number of carbonyl (C=O) groups is 3. The summed E-state index contributed by atoms with van der Waals surface area (Å²) in [6, 6.07) is 11.4. The lowest BCUT2D eigenvalue weighted by Gasteiger charge is -2.09. The van der Waals surface area contributed by atoms with Crippen LogP contribution < -0.4 is 15.4 Å². The lowest BCUT2D eigenvalue weighted by atomic mass is 10.1. The fourth-order valence-corrected chi connectivity index (χ4v) is 2.39. The predicted octanol–water partition coefficient (Wildman–Crippen LogP) is 2.22. The number of hydrogen-bond acceptors (Lipinski definition) is 4. The van der Waals surface area contributed by atoms with Crippen molar-refractivity contribution in [2.75, 3.05) is 11.9 Å². The molecule has 116 valence electrons. The molecule has 0 fully saturated rings. The average Bonchev–Trinajstić information content (AvgIpc) is 2.84. The van der Waals surface area contributed by atoms with Crippen molar-refractivity contribution in [3.63, 3.8) is 0 Å². The number of imide groups is 1. The summed E-state index contributed by atoms with van der Waals surface area (Å²) >= 11 is 0. The minimum absolute atomic E-state index is 0.191. The fourth-order valence-electron chi connectivity index (χ4n) is 2.39. The molecular formula is C17H14N2O4. The Bertz CT molecular complexity index is 797. The number of carbonyl (C=O) groups excluding carboxylic acids is 3. The second kappa shape index (κ2) is 5.92. The molecule has 0 atom stereocenters. The maximum absolute atomic E-state index is 12.3. The Morgan fingerprint density at radius 1 is 1.09 bits per heavy atom. The molecule has 2 aromatic rings. The van der Waals surface area contributed by atoms with Gasteiger partial charge in [-0.25, -0.2) is 0 Å². The maximum atomic E-state index is 12.3. The molecule has 0 aromatic heterocycles. The van der Waals surface area contributed by atoms with Crippen molar-refractivity contribution < 1.29 is 19.1 Å². The molecule has 3 amide bonds. The molecule has 0 radical (unpaired) electrons. The van der Waals surface area contributed by atoms with E-state index in [1.807, 2.05) is 6.92 Å². The largest absolute Gasteiger partial charge is 0.494 e. The van der Waals surface area contributed by atoms with E-state index < -0.39 is 11.8 Å². The van der Waals surface area contributed by atoms with Gasteiger partial charge >= 0.3 is 0 Å². The Morgan fingerprint density at radius 3 is 2.52 bits per heavy atom. The molecule has 0 unspecified atom stereocenters. The zero-order chi connectivity index (χ0) is 16.4. The third-order valence-corrected chi connectivity index (χ3v) is 3.44. The summed E-state index contributed by atoms with van der Waals surface area (Å²) in [6.45, 7) is 2.42. The smallest absolute Gasteiger partial charge is 0.261 e. The van der Waals surface area contributed by atoms with Crippen LogP contribution in [-0.2, 0) is 0 Å². The topological polar surface area (TPSA) is 84.5 Å². The van der Waals surface area contributed by atoms with Gasteiger partial charge in [0.1, 0.15) is 5.75 Å². The number of amides is 3. The van der Waals surface area contributed by atoms with E-state index in [4.69, 9.17) is 4.74 Å². The first kappa shape index (κ1) is 14.8. The third-order valence-electron chi connectivity index (χ3n) is 3.44. The van der Waals surface area contributed by atoms with Gasteiger partial charge in [0.15, 0.2) is 0 Å². The molecule has 3 rings (SSSR count). The lowest BCUT2D eigenvalue weighted by Crippen LogP contribution is -2.20. The molecule has 1 heterocycles. The van der Waals surface area contributed by atoms with E-state index in [9.17, 15) is 14.4 Å². The van der Waals surface area contributed by atoms with Crippen LogP contribution in [0, 0.1) is 0 Å². The van der Waals surface area contributed by atoms with Crippen molar-refractivity contribution in [1.82, 2.24) is 5.32 Å². The average molecular weight is 310 g/mol. The molecule has 1 aliphatic rings. The van der Waals surface area contributed by atoms with Gasteiger partial charge in [-0.05, 0) is 43.3 Å². The van der Waals surface area contributed by atoms with Gasteiger partial charge in [-0.15, -0.1) is 0 Å². The third kappa shape index (κ3) is 2.78. The van der Waals surface area contributed by atoms with Gasteiger partial charge in [-0.2, -0.15) is 0 Å². The Labute approximate surface area is 132 Å². The number of benzene rings is 2. The number of hydrogen-bond donors (Lipinski definition) is 2. The van der Waals surface area contributed by atoms with Crippen LogP contribution in [0.15, 0.2) is 42.5 Å². The number of fused-ring (bicyclic) bond motifs is 1. The van der Waals surface area contributed by atoms with Gasteiger partial charge < -0.3 is 10.1 Å². The molecular weight excluding hydrogens is 296 g/mol. The first-order valence-electron chi connectivity index (χ1n) is 7.13. The fraction of sp³-hybridized carbons (Fsp3) is 0.118. The van der Waals surface area contributed by atoms with Crippen LogP contribution in [0.2, 0.25) is 0 Å². The van der Waals surface area contributed by atoms with E-state index in [0.717, 1.165) is 0 Å². The highest BCUT2D eigenvalue weighted by Crippen LogP contribution is 2.25. The van der Waals surface area contributed by atoms with E-state index in [0.29, 0.717) is 23.6 Å². The SMILES string of the molecule is CCOc1ccc(C(=O)Nc2cccc3c2C(=O)NC3=O)cc1. The number of rotatable bonds is 4. The van der Waals surface area contributed by atoms with Crippen LogP contribution in [0.4, 0.5) is 5.69 Å². The van der Waals surface area contributed by atoms with E-state index in [-0.39, 0.29) is 17.0 Å². The van der Waals surface area contributed by atoms with Gasteiger partial charge in [-0.1, -0.05) is 6.07 Å². The quantitative estimate of drug-likeness (QED) is 0.848. The molecule has 0 aliphatic carbocycles. The molecule has 0 spiro atoms. The zero-order valence-electron chi connectivity index (χ0n) is 12.4. The first-order chi connectivity index (χ1) is 11.1. The Balaban J connectivity index is 1.84. The molecule has 23 heavy (non-hydrogen) atoms. The Morgan fingerprint density at radius 2 is 1.83 bits per heavy atom. The molecule has 0 bridgehead atoms. The number of anilines is 1. The van der Waals surface area contributed by atoms with E-state index in [1.54, 1.807) is 42.5 Å². The van der Waals surface area contributed by atoms with Crippen LogP contribution in [-0.4, -0.2) is 24.3 Å². The summed E-state index contributed by atoms with van der Waals surface area (Å²) in [7, 11) is 0. The summed E-state index contributed by atoms with van der Waals surface area (Å²) in [5.41, 5.74) is 1.19. The molecule has 0 saturated heterocycles. The van der Waals surface area contributed by atoms with Crippen molar-refractivity contribution in [1.29, 1.82) is 0 Å². The van der Waals surface area contributed by atoms with E-state index >= 15 is 0 Å². The minimum Gasteiger partial charge on any atom is -0.494 e. The van der Waals surface area contributed by atoms with Gasteiger partial charge in [0.05, 0.1) is 23.4 Å². The van der Waals surface area contributed by atoms with Gasteiger partial charge in [0, 0.05) is 5.56 Å². The highest BCUT2D eigenvalue weighted by atomic mass is 16.5. The molecule has 0 saturated carbocycles. The second-order valence-corrected chi connectivity index (χ2v) is 4.92. The molecule has 2 aromatic carbocycles.